The van der Waals surface area contributed by atoms with Crippen LogP contribution in [0, 0.1) is 6.92 Å². The van der Waals surface area contributed by atoms with Crippen LogP contribution in [0.15, 0.2) is 53.3 Å². The zero-order valence-corrected chi connectivity index (χ0v) is 10.1. The molecule has 3 nitrogen and oxygen atoms in total. The molecule has 0 aliphatic carbocycles. The van der Waals surface area contributed by atoms with Crippen molar-refractivity contribution >= 4 is 11.0 Å². The number of benzene rings is 1. The predicted molar refractivity (Wildman–Crippen MR) is 69.5 cm³/mol. The zero-order chi connectivity index (χ0) is 12.4. The Kier molecular flexibility index (Phi) is 2.73. The third-order valence-corrected chi connectivity index (χ3v) is 2.85. The first-order valence-corrected chi connectivity index (χ1v) is 5.84. The number of hydrogen-bond donors (Lipinski definition) is 0. The number of ether oxygens (including phenoxy) is 1. The lowest BCUT2D eigenvalue weighted by Gasteiger charge is -2.07. The zero-order valence-electron chi connectivity index (χ0n) is 10.1. The van der Waals surface area contributed by atoms with E-state index in [-0.39, 0.29) is 0 Å². The maximum Gasteiger partial charge on any atom is 0.137 e. The summed E-state index contributed by atoms with van der Waals surface area (Å²) in [6.07, 6.45) is 3.51. The highest BCUT2D eigenvalue weighted by Crippen LogP contribution is 2.30. The number of aryl methyl sites for hydroxylation is 1. The van der Waals surface area contributed by atoms with Crippen LogP contribution in [0.4, 0.5) is 0 Å². The van der Waals surface area contributed by atoms with Gasteiger partial charge < -0.3 is 9.15 Å². The van der Waals surface area contributed by atoms with Gasteiger partial charge in [-0.15, -0.1) is 0 Å². The molecule has 0 amide bonds. The Labute approximate surface area is 105 Å². The molecule has 3 heteroatoms. The third-order valence-electron chi connectivity index (χ3n) is 2.85. The van der Waals surface area contributed by atoms with Gasteiger partial charge in [0.1, 0.15) is 17.9 Å². The number of aromatic nitrogens is 1. The van der Waals surface area contributed by atoms with E-state index in [0.29, 0.717) is 6.61 Å². The first-order chi connectivity index (χ1) is 8.84. The molecule has 0 radical (unpaired) electrons. The van der Waals surface area contributed by atoms with Crippen LogP contribution in [0.1, 0.15) is 11.3 Å². The molecular weight excluding hydrogens is 226 g/mol. The molecule has 3 rings (SSSR count). The number of hydrogen-bond acceptors (Lipinski definition) is 3. The monoisotopic (exact) mass is 239 g/mol. The Morgan fingerprint density at radius 1 is 1.17 bits per heavy atom. The van der Waals surface area contributed by atoms with Gasteiger partial charge in [-0.1, -0.05) is 12.1 Å². The van der Waals surface area contributed by atoms with Gasteiger partial charge >= 0.3 is 0 Å². The molecule has 0 saturated heterocycles. The lowest BCUT2D eigenvalue weighted by Crippen LogP contribution is -1.97. The number of pyridine rings is 1. The molecule has 0 aliphatic heterocycles. The summed E-state index contributed by atoms with van der Waals surface area (Å²) in [4.78, 5) is 4.24. The van der Waals surface area contributed by atoms with E-state index >= 15 is 0 Å². The van der Waals surface area contributed by atoms with E-state index < -0.39 is 0 Å². The largest absolute Gasteiger partial charge is 0.487 e. The van der Waals surface area contributed by atoms with Crippen LogP contribution < -0.4 is 4.74 Å². The summed E-state index contributed by atoms with van der Waals surface area (Å²) in [6, 6.07) is 11.6. The van der Waals surface area contributed by atoms with Crippen molar-refractivity contribution in [2.45, 2.75) is 13.5 Å². The van der Waals surface area contributed by atoms with Gasteiger partial charge in [0.25, 0.3) is 0 Å². The van der Waals surface area contributed by atoms with E-state index in [9.17, 15) is 0 Å². The van der Waals surface area contributed by atoms with Crippen LogP contribution in [-0.4, -0.2) is 4.98 Å². The van der Waals surface area contributed by atoms with Gasteiger partial charge in [0.05, 0.1) is 17.3 Å². The van der Waals surface area contributed by atoms with Gasteiger partial charge in [0.15, 0.2) is 0 Å². The second-order valence-electron chi connectivity index (χ2n) is 4.16. The molecule has 0 spiro atoms. The lowest BCUT2D eigenvalue weighted by atomic mass is 10.2. The highest BCUT2D eigenvalue weighted by Gasteiger charge is 2.08. The SMILES string of the molecule is Cc1coc2cccc(OCc3ccccn3)c12. The van der Waals surface area contributed by atoms with Crippen LogP contribution in [0.25, 0.3) is 11.0 Å². The minimum Gasteiger partial charge on any atom is -0.487 e. The maximum atomic E-state index is 5.82. The second-order valence-corrected chi connectivity index (χ2v) is 4.16. The molecule has 1 aromatic carbocycles. The second kappa shape index (κ2) is 4.53. The van der Waals surface area contributed by atoms with E-state index in [1.54, 1.807) is 12.5 Å². The van der Waals surface area contributed by atoms with E-state index in [1.807, 2.05) is 43.3 Å². The Hall–Kier alpha value is -2.29. The fourth-order valence-corrected chi connectivity index (χ4v) is 1.96. The molecule has 0 N–H and O–H groups in total. The van der Waals surface area contributed by atoms with Crippen LogP contribution in [0.5, 0.6) is 5.75 Å². The fourth-order valence-electron chi connectivity index (χ4n) is 1.96. The van der Waals surface area contributed by atoms with E-state index in [4.69, 9.17) is 9.15 Å². The summed E-state index contributed by atoms with van der Waals surface area (Å²) in [5.41, 5.74) is 2.85. The Morgan fingerprint density at radius 3 is 2.94 bits per heavy atom. The average molecular weight is 239 g/mol. The highest BCUT2D eigenvalue weighted by molar-refractivity contribution is 5.87. The maximum absolute atomic E-state index is 5.82. The Balaban J connectivity index is 1.89. The van der Waals surface area contributed by atoms with E-state index in [0.717, 1.165) is 28.0 Å². The molecule has 2 heterocycles. The van der Waals surface area contributed by atoms with Gasteiger partial charge in [-0.2, -0.15) is 0 Å². The van der Waals surface area contributed by atoms with Crippen molar-refractivity contribution in [2.24, 2.45) is 0 Å². The van der Waals surface area contributed by atoms with Gasteiger partial charge in [0, 0.05) is 6.20 Å². The normalized spacial score (nSPS) is 10.7. The molecule has 0 unspecified atom stereocenters. The summed E-state index contributed by atoms with van der Waals surface area (Å²) in [6.45, 7) is 2.48. The molecule has 0 saturated carbocycles. The number of rotatable bonds is 3. The summed E-state index contributed by atoms with van der Waals surface area (Å²) in [7, 11) is 0. The Morgan fingerprint density at radius 2 is 2.11 bits per heavy atom. The third kappa shape index (κ3) is 1.95. The first-order valence-electron chi connectivity index (χ1n) is 5.84. The van der Waals surface area contributed by atoms with Crippen LogP contribution >= 0.6 is 0 Å². The van der Waals surface area contributed by atoms with Gasteiger partial charge in [0.2, 0.25) is 0 Å². The number of furan rings is 1. The first kappa shape index (κ1) is 10.8. The van der Waals surface area contributed by atoms with Crippen molar-refractivity contribution in [1.82, 2.24) is 4.98 Å². The van der Waals surface area contributed by atoms with Crippen molar-refractivity contribution in [1.29, 1.82) is 0 Å². The van der Waals surface area contributed by atoms with Crippen molar-refractivity contribution in [2.75, 3.05) is 0 Å². The van der Waals surface area contributed by atoms with Crippen molar-refractivity contribution in [3.05, 3.63) is 60.1 Å². The van der Waals surface area contributed by atoms with Gasteiger partial charge in [-0.3, -0.25) is 4.98 Å². The minimum atomic E-state index is 0.463. The molecule has 0 aliphatic rings. The summed E-state index contributed by atoms with van der Waals surface area (Å²) in [5.74, 6) is 0.837. The van der Waals surface area contributed by atoms with E-state index in [1.165, 1.54) is 0 Å². The summed E-state index contributed by atoms with van der Waals surface area (Å²) in [5, 5.41) is 1.04. The number of fused-ring (bicyclic) bond motifs is 1. The smallest absolute Gasteiger partial charge is 0.137 e. The van der Waals surface area contributed by atoms with Gasteiger partial charge in [-0.25, -0.2) is 0 Å². The predicted octanol–water partition coefficient (Wildman–Crippen LogP) is 3.72. The topological polar surface area (TPSA) is 35.3 Å². The molecule has 0 atom stereocenters. The quantitative estimate of drug-likeness (QED) is 0.698. The molecule has 0 fully saturated rings. The van der Waals surface area contributed by atoms with Crippen molar-refractivity contribution < 1.29 is 9.15 Å². The fraction of sp³-hybridized carbons (Fsp3) is 0.133. The molecule has 2 aromatic heterocycles. The molecule has 0 bridgehead atoms. The summed E-state index contributed by atoms with van der Waals surface area (Å²) < 4.78 is 11.3. The number of nitrogens with zero attached hydrogens (tertiary/aromatic N) is 1. The average Bonchev–Trinajstić information content (AvgIpc) is 2.80. The van der Waals surface area contributed by atoms with Crippen LogP contribution in [0.3, 0.4) is 0 Å². The van der Waals surface area contributed by atoms with Crippen LogP contribution in [0.2, 0.25) is 0 Å². The van der Waals surface area contributed by atoms with Gasteiger partial charge in [-0.05, 0) is 36.8 Å². The molecule has 3 aromatic rings. The molecular formula is C15H13NO2. The molecule has 18 heavy (non-hydrogen) atoms. The van der Waals surface area contributed by atoms with E-state index in [2.05, 4.69) is 4.98 Å². The standard InChI is InChI=1S/C15H13NO2/c1-11-9-17-13-6-4-7-14(15(11)13)18-10-12-5-2-3-8-16-12/h2-9H,10H2,1H3. The Bertz CT molecular complexity index is 659. The van der Waals surface area contributed by atoms with Crippen LogP contribution in [-0.2, 0) is 6.61 Å². The molecule has 90 valence electrons. The minimum absolute atomic E-state index is 0.463. The van der Waals surface area contributed by atoms with Crippen molar-refractivity contribution in [3.63, 3.8) is 0 Å². The summed E-state index contributed by atoms with van der Waals surface area (Å²) >= 11 is 0. The van der Waals surface area contributed by atoms with Crippen molar-refractivity contribution in [3.8, 4) is 5.75 Å². The lowest BCUT2D eigenvalue weighted by molar-refractivity contribution is 0.305. The highest BCUT2D eigenvalue weighted by atomic mass is 16.5.